The van der Waals surface area contributed by atoms with Crippen molar-refractivity contribution in [2.45, 2.75) is 70.9 Å². The third-order valence-electron chi connectivity index (χ3n) is 4.87. The predicted octanol–water partition coefficient (Wildman–Crippen LogP) is 2.75. The highest BCUT2D eigenvalue weighted by Gasteiger charge is 2.29. The third-order valence-corrected chi connectivity index (χ3v) is 4.87. The molecule has 2 fully saturated rings. The van der Waals surface area contributed by atoms with Crippen LogP contribution in [0.25, 0.3) is 0 Å². The molecule has 2 aliphatic carbocycles. The summed E-state index contributed by atoms with van der Waals surface area (Å²) in [4.78, 5) is 23.1. The van der Waals surface area contributed by atoms with Gasteiger partial charge >= 0.3 is 12.0 Å². The largest absolute Gasteiger partial charge is 0.481 e. The maximum atomic E-state index is 12.1. The Morgan fingerprint density at radius 1 is 0.905 bits per heavy atom. The number of hydrogen-bond acceptors (Lipinski definition) is 2. The Morgan fingerprint density at radius 2 is 1.52 bits per heavy atom. The van der Waals surface area contributed by atoms with E-state index in [1.807, 2.05) is 0 Å². The van der Waals surface area contributed by atoms with Gasteiger partial charge in [0.05, 0.1) is 5.92 Å². The first kappa shape index (κ1) is 16.1. The highest BCUT2D eigenvalue weighted by atomic mass is 16.4. The highest BCUT2D eigenvalue weighted by Crippen LogP contribution is 2.28. The topological polar surface area (TPSA) is 78.4 Å². The van der Waals surface area contributed by atoms with Gasteiger partial charge in [0, 0.05) is 12.1 Å². The number of aliphatic carboxylic acids is 1. The summed E-state index contributed by atoms with van der Waals surface area (Å²) in [5, 5.41) is 15.1. The fraction of sp³-hybridized carbons (Fsp3) is 0.875. The summed E-state index contributed by atoms with van der Waals surface area (Å²) in [6, 6.07) is 0.123. The van der Waals surface area contributed by atoms with Gasteiger partial charge in [-0.3, -0.25) is 4.79 Å². The fourth-order valence-corrected chi connectivity index (χ4v) is 4.02. The molecular formula is C16H28N2O3. The van der Waals surface area contributed by atoms with Gasteiger partial charge in [-0.25, -0.2) is 4.79 Å². The average Bonchev–Trinajstić information content (AvgIpc) is 2.37. The van der Waals surface area contributed by atoms with Crippen LogP contribution in [0.1, 0.15) is 58.8 Å². The Morgan fingerprint density at radius 3 is 2.14 bits per heavy atom. The molecule has 3 N–H and O–H groups in total. The second kappa shape index (κ2) is 7.14. The van der Waals surface area contributed by atoms with E-state index in [1.165, 1.54) is 6.42 Å². The molecule has 0 aromatic rings. The molecule has 120 valence electrons. The molecule has 5 nitrogen and oxygen atoms in total. The predicted molar refractivity (Wildman–Crippen MR) is 81.0 cm³/mol. The summed E-state index contributed by atoms with van der Waals surface area (Å²) in [6.45, 7) is 4.47. The van der Waals surface area contributed by atoms with Gasteiger partial charge in [-0.1, -0.05) is 20.3 Å². The van der Waals surface area contributed by atoms with Gasteiger partial charge in [0.1, 0.15) is 0 Å². The van der Waals surface area contributed by atoms with Crippen LogP contribution in [0.2, 0.25) is 0 Å². The van der Waals surface area contributed by atoms with Gasteiger partial charge in [0.15, 0.2) is 0 Å². The second-order valence-electron chi connectivity index (χ2n) is 7.13. The van der Waals surface area contributed by atoms with E-state index in [9.17, 15) is 9.59 Å². The summed E-state index contributed by atoms with van der Waals surface area (Å²) in [5.41, 5.74) is 0. The first-order valence-corrected chi connectivity index (χ1v) is 8.24. The van der Waals surface area contributed by atoms with E-state index in [0.717, 1.165) is 32.1 Å². The molecule has 2 saturated carbocycles. The molecule has 4 unspecified atom stereocenters. The molecule has 2 amide bonds. The van der Waals surface area contributed by atoms with E-state index in [1.54, 1.807) is 0 Å². The second-order valence-corrected chi connectivity index (χ2v) is 7.13. The smallest absolute Gasteiger partial charge is 0.315 e. The molecule has 0 aliphatic heterocycles. The van der Waals surface area contributed by atoms with Crippen molar-refractivity contribution < 1.29 is 14.7 Å². The van der Waals surface area contributed by atoms with E-state index in [-0.39, 0.29) is 24.0 Å². The quantitative estimate of drug-likeness (QED) is 0.749. The molecule has 0 aromatic heterocycles. The Labute approximate surface area is 126 Å². The van der Waals surface area contributed by atoms with Crippen molar-refractivity contribution in [2.75, 3.05) is 0 Å². The summed E-state index contributed by atoms with van der Waals surface area (Å²) in [7, 11) is 0. The van der Waals surface area contributed by atoms with Crippen LogP contribution in [-0.4, -0.2) is 29.2 Å². The van der Waals surface area contributed by atoms with Gasteiger partial charge in [-0.15, -0.1) is 0 Å². The van der Waals surface area contributed by atoms with Crippen molar-refractivity contribution in [3.8, 4) is 0 Å². The zero-order valence-electron chi connectivity index (χ0n) is 13.1. The van der Waals surface area contributed by atoms with Gasteiger partial charge in [-0.2, -0.15) is 0 Å². The molecule has 21 heavy (non-hydrogen) atoms. The van der Waals surface area contributed by atoms with Crippen molar-refractivity contribution in [1.29, 1.82) is 0 Å². The van der Waals surface area contributed by atoms with Crippen LogP contribution >= 0.6 is 0 Å². The summed E-state index contributed by atoms with van der Waals surface area (Å²) in [5.74, 6) is 0.269. The standard InChI is InChI=1S/C16H28N2O3/c1-10-6-11(2)8-14(7-10)18-16(21)17-13-5-3-4-12(9-13)15(19)20/h10-14H,3-9H2,1-2H3,(H,19,20)(H2,17,18,21). The van der Waals surface area contributed by atoms with Crippen LogP contribution < -0.4 is 10.6 Å². The van der Waals surface area contributed by atoms with Crippen molar-refractivity contribution in [3.05, 3.63) is 0 Å². The lowest BCUT2D eigenvalue weighted by Crippen LogP contribution is -2.49. The number of hydrogen-bond donors (Lipinski definition) is 3. The molecule has 0 radical (unpaired) electrons. The molecule has 2 aliphatic rings. The normalized spacial score (nSPS) is 36.8. The molecular weight excluding hydrogens is 268 g/mol. The number of nitrogens with one attached hydrogen (secondary N) is 2. The van der Waals surface area contributed by atoms with Crippen molar-refractivity contribution >= 4 is 12.0 Å². The number of carbonyl (C=O) groups is 2. The number of rotatable bonds is 3. The van der Waals surface area contributed by atoms with Gasteiger partial charge < -0.3 is 15.7 Å². The van der Waals surface area contributed by atoms with Crippen molar-refractivity contribution in [1.82, 2.24) is 10.6 Å². The Bertz CT molecular complexity index is 376. The minimum atomic E-state index is -0.739. The molecule has 0 heterocycles. The van der Waals surface area contributed by atoms with E-state index in [4.69, 9.17) is 5.11 Å². The number of urea groups is 1. The number of carboxylic acids is 1. The molecule has 0 saturated heterocycles. The highest BCUT2D eigenvalue weighted by molar-refractivity contribution is 5.75. The van der Waals surface area contributed by atoms with Crippen LogP contribution in [0.3, 0.4) is 0 Å². The van der Waals surface area contributed by atoms with E-state index >= 15 is 0 Å². The number of carboxylic acid groups (broad SMARTS) is 1. The van der Waals surface area contributed by atoms with Crippen molar-refractivity contribution in [3.63, 3.8) is 0 Å². The Balaban J connectivity index is 1.77. The van der Waals surface area contributed by atoms with Crippen LogP contribution in [-0.2, 0) is 4.79 Å². The van der Waals surface area contributed by atoms with E-state index in [2.05, 4.69) is 24.5 Å². The van der Waals surface area contributed by atoms with Gasteiger partial charge in [0.2, 0.25) is 0 Å². The average molecular weight is 296 g/mol. The lowest BCUT2D eigenvalue weighted by Gasteiger charge is -2.33. The Hall–Kier alpha value is -1.26. The maximum Gasteiger partial charge on any atom is 0.315 e. The van der Waals surface area contributed by atoms with Crippen LogP contribution in [0.5, 0.6) is 0 Å². The molecule has 0 spiro atoms. The lowest BCUT2D eigenvalue weighted by molar-refractivity contribution is -0.143. The zero-order chi connectivity index (χ0) is 15.4. The fourth-order valence-electron chi connectivity index (χ4n) is 4.02. The maximum absolute atomic E-state index is 12.1. The van der Waals surface area contributed by atoms with Crippen molar-refractivity contribution in [2.24, 2.45) is 17.8 Å². The molecule has 0 bridgehead atoms. The minimum absolute atomic E-state index is 0.00159. The third kappa shape index (κ3) is 4.90. The van der Waals surface area contributed by atoms with Crippen LogP contribution in [0.15, 0.2) is 0 Å². The molecule has 5 heteroatoms. The van der Waals surface area contributed by atoms with Crippen LogP contribution in [0, 0.1) is 17.8 Å². The van der Waals surface area contributed by atoms with Gasteiger partial charge in [0.25, 0.3) is 0 Å². The number of carbonyl (C=O) groups excluding carboxylic acids is 1. The Kier molecular flexibility index (Phi) is 5.48. The minimum Gasteiger partial charge on any atom is -0.481 e. The first-order valence-electron chi connectivity index (χ1n) is 8.24. The first-order chi connectivity index (χ1) is 9.94. The molecule has 4 atom stereocenters. The summed E-state index contributed by atoms with van der Waals surface area (Å²) in [6.07, 6.45) is 6.37. The lowest BCUT2D eigenvalue weighted by atomic mass is 9.80. The molecule has 2 rings (SSSR count). The SMILES string of the molecule is CC1CC(C)CC(NC(=O)NC2CCCC(C(=O)O)C2)C1. The van der Waals surface area contributed by atoms with Crippen LogP contribution in [0.4, 0.5) is 4.79 Å². The summed E-state index contributed by atoms with van der Waals surface area (Å²) < 4.78 is 0. The number of amides is 2. The van der Waals surface area contributed by atoms with E-state index < -0.39 is 5.97 Å². The van der Waals surface area contributed by atoms with Gasteiger partial charge in [-0.05, 0) is 50.4 Å². The van der Waals surface area contributed by atoms with E-state index in [0.29, 0.717) is 18.3 Å². The zero-order valence-corrected chi connectivity index (χ0v) is 13.1. The monoisotopic (exact) mass is 296 g/mol. The summed E-state index contributed by atoms with van der Waals surface area (Å²) >= 11 is 0. The molecule has 0 aromatic carbocycles.